The summed E-state index contributed by atoms with van der Waals surface area (Å²) in [7, 11) is 0. The molecule has 1 saturated carbocycles. The highest BCUT2D eigenvalue weighted by Crippen LogP contribution is 2.36. The van der Waals surface area contributed by atoms with Crippen LogP contribution in [0.4, 0.5) is 15.9 Å². The van der Waals surface area contributed by atoms with Crippen LogP contribution in [0.25, 0.3) is 21.0 Å². The Hall–Kier alpha value is -3.26. The molecule has 0 unspecified atom stereocenters. The summed E-state index contributed by atoms with van der Waals surface area (Å²) in [6.45, 7) is 5.40. The van der Waals surface area contributed by atoms with E-state index >= 15 is 0 Å². The lowest BCUT2D eigenvalue weighted by Gasteiger charge is -2.26. The van der Waals surface area contributed by atoms with Crippen molar-refractivity contribution in [3.05, 3.63) is 59.0 Å². The molecule has 3 aromatic heterocycles. The molecule has 1 aliphatic heterocycles. The molecule has 1 amide bonds. The molecule has 6 rings (SSSR count). The fourth-order valence-corrected chi connectivity index (χ4v) is 5.77. The minimum Gasteiger partial charge on any atom is -0.377 e. The van der Waals surface area contributed by atoms with E-state index in [4.69, 9.17) is 4.98 Å². The number of anilines is 2. The third-order valence-corrected chi connectivity index (χ3v) is 8.04. The molecular formula is C27H28FN5OS. The number of carbonyl (C=O) groups is 1. The van der Waals surface area contributed by atoms with Gasteiger partial charge in [0.15, 0.2) is 0 Å². The van der Waals surface area contributed by atoms with E-state index in [0.29, 0.717) is 17.6 Å². The number of amides is 1. The minimum absolute atomic E-state index is 0.0559. The molecule has 1 aliphatic carbocycles. The van der Waals surface area contributed by atoms with Crippen molar-refractivity contribution in [1.82, 2.24) is 15.3 Å². The summed E-state index contributed by atoms with van der Waals surface area (Å²) in [5.41, 5.74) is 3.27. The lowest BCUT2D eigenvalue weighted by atomic mass is 10.0. The first-order chi connectivity index (χ1) is 17.0. The number of hydrogen-bond acceptors (Lipinski definition) is 6. The summed E-state index contributed by atoms with van der Waals surface area (Å²) >= 11 is 1.67. The van der Waals surface area contributed by atoms with Crippen molar-refractivity contribution in [2.75, 3.05) is 23.3 Å². The van der Waals surface area contributed by atoms with Gasteiger partial charge >= 0.3 is 0 Å². The van der Waals surface area contributed by atoms with E-state index in [2.05, 4.69) is 45.0 Å². The Kier molecular flexibility index (Phi) is 5.56. The van der Waals surface area contributed by atoms with Crippen LogP contribution in [0.15, 0.2) is 42.0 Å². The van der Waals surface area contributed by atoms with Gasteiger partial charge in [-0.05, 0) is 62.8 Å². The molecule has 1 aromatic carbocycles. The number of rotatable bonds is 6. The van der Waals surface area contributed by atoms with E-state index in [0.717, 1.165) is 58.3 Å². The number of fused-ring (bicyclic) bond motifs is 2. The van der Waals surface area contributed by atoms with Crippen molar-refractivity contribution in [3.63, 3.8) is 0 Å². The molecule has 0 spiro atoms. The third-order valence-electron chi connectivity index (χ3n) is 7.18. The zero-order chi connectivity index (χ0) is 24.1. The van der Waals surface area contributed by atoms with Crippen LogP contribution in [0.2, 0.25) is 0 Å². The number of aromatic nitrogens is 2. The van der Waals surface area contributed by atoms with Crippen molar-refractivity contribution in [3.8, 4) is 0 Å². The number of aryl methyl sites for hydroxylation is 1. The topological polar surface area (TPSA) is 70.2 Å². The first-order valence-electron chi connectivity index (χ1n) is 12.2. The van der Waals surface area contributed by atoms with Gasteiger partial charge in [-0.3, -0.25) is 9.78 Å². The van der Waals surface area contributed by atoms with E-state index in [9.17, 15) is 9.18 Å². The number of halogens is 1. The van der Waals surface area contributed by atoms with E-state index in [1.54, 1.807) is 24.3 Å². The number of nitrogens with one attached hydrogen (secondary N) is 2. The van der Waals surface area contributed by atoms with Crippen LogP contribution in [0.3, 0.4) is 0 Å². The summed E-state index contributed by atoms with van der Waals surface area (Å²) < 4.78 is 15.5. The smallest absolute Gasteiger partial charge is 0.223 e. The number of thiophene rings is 1. The molecule has 8 heteroatoms. The highest BCUT2D eigenvalue weighted by Gasteiger charge is 2.34. The average molecular weight is 490 g/mol. The zero-order valence-electron chi connectivity index (χ0n) is 19.8. The Balaban J connectivity index is 1.36. The van der Waals surface area contributed by atoms with Gasteiger partial charge in [-0.15, -0.1) is 11.3 Å². The SMILES string of the molecule is Cc1c(F)ccc2cc([C@H](C)Nc3cncc4sccc34)c(N3CC[C@H](NC(=O)C4CC4)C3)nc12. The summed E-state index contributed by atoms with van der Waals surface area (Å²) in [5, 5.41) is 11.0. The van der Waals surface area contributed by atoms with Crippen LogP contribution in [0, 0.1) is 18.7 Å². The van der Waals surface area contributed by atoms with Crippen LogP contribution in [0.1, 0.15) is 43.4 Å². The number of carbonyl (C=O) groups excluding carboxylic acids is 1. The van der Waals surface area contributed by atoms with E-state index in [1.807, 2.05) is 12.4 Å². The van der Waals surface area contributed by atoms with Crippen molar-refractivity contribution < 1.29 is 9.18 Å². The molecule has 2 N–H and O–H groups in total. The highest BCUT2D eigenvalue weighted by molar-refractivity contribution is 7.17. The lowest BCUT2D eigenvalue weighted by Crippen LogP contribution is -2.38. The Morgan fingerprint density at radius 2 is 2.09 bits per heavy atom. The molecule has 2 aliphatic rings. The predicted molar refractivity (Wildman–Crippen MR) is 140 cm³/mol. The lowest BCUT2D eigenvalue weighted by molar-refractivity contribution is -0.122. The summed E-state index contributed by atoms with van der Waals surface area (Å²) in [6, 6.07) is 7.59. The summed E-state index contributed by atoms with van der Waals surface area (Å²) in [4.78, 5) is 24.0. The molecule has 4 aromatic rings. The molecular weight excluding hydrogens is 461 g/mol. The number of hydrogen-bond donors (Lipinski definition) is 2. The fourth-order valence-electron chi connectivity index (χ4n) is 4.99. The maximum Gasteiger partial charge on any atom is 0.223 e. The van der Waals surface area contributed by atoms with Gasteiger partial charge in [0, 0.05) is 53.1 Å². The first-order valence-corrected chi connectivity index (χ1v) is 13.1. The number of benzene rings is 1. The van der Waals surface area contributed by atoms with Gasteiger partial charge in [0.2, 0.25) is 5.91 Å². The molecule has 1 saturated heterocycles. The van der Waals surface area contributed by atoms with Crippen molar-refractivity contribution in [2.45, 2.75) is 45.2 Å². The zero-order valence-corrected chi connectivity index (χ0v) is 20.7. The molecule has 35 heavy (non-hydrogen) atoms. The second kappa shape index (κ2) is 8.75. The second-order valence-electron chi connectivity index (χ2n) is 9.75. The summed E-state index contributed by atoms with van der Waals surface area (Å²) in [6.07, 6.45) is 6.62. The van der Waals surface area contributed by atoms with Crippen LogP contribution in [0.5, 0.6) is 0 Å². The third kappa shape index (κ3) is 4.20. The maximum atomic E-state index is 14.4. The number of pyridine rings is 2. The first kappa shape index (κ1) is 22.2. The highest BCUT2D eigenvalue weighted by atomic mass is 32.1. The van der Waals surface area contributed by atoms with Crippen molar-refractivity contribution >= 4 is 49.7 Å². The fraction of sp³-hybridized carbons (Fsp3) is 0.370. The van der Waals surface area contributed by atoms with Gasteiger partial charge in [0.05, 0.1) is 28.1 Å². The van der Waals surface area contributed by atoms with Gasteiger partial charge < -0.3 is 15.5 Å². The van der Waals surface area contributed by atoms with Gasteiger partial charge in [-0.1, -0.05) is 0 Å². The molecule has 6 nitrogen and oxygen atoms in total. The monoisotopic (exact) mass is 489 g/mol. The number of nitrogens with zero attached hydrogens (tertiary/aromatic N) is 3. The van der Waals surface area contributed by atoms with Crippen molar-refractivity contribution in [2.24, 2.45) is 5.92 Å². The Labute approximate surface area is 207 Å². The Morgan fingerprint density at radius 3 is 2.91 bits per heavy atom. The van der Waals surface area contributed by atoms with Crippen LogP contribution in [-0.4, -0.2) is 35.0 Å². The van der Waals surface area contributed by atoms with E-state index < -0.39 is 0 Å². The largest absolute Gasteiger partial charge is 0.377 e. The standard InChI is InChI=1S/C27H28FN5OS/c1-15-22(28)6-5-18-11-21(16(2)30-23-12-29-13-24-20(23)8-10-35-24)26(32-25(15)18)33-9-7-19(14-33)31-27(34)17-3-4-17/h5-6,8,10-13,16-17,19,30H,3-4,7,9,14H2,1-2H3,(H,31,34)/t16-,19-/m0/s1. The van der Waals surface area contributed by atoms with Crippen LogP contribution >= 0.6 is 11.3 Å². The van der Waals surface area contributed by atoms with Crippen LogP contribution in [-0.2, 0) is 4.79 Å². The molecule has 180 valence electrons. The quantitative estimate of drug-likeness (QED) is 0.371. The molecule has 0 bridgehead atoms. The molecule has 4 heterocycles. The minimum atomic E-state index is -0.249. The van der Waals surface area contributed by atoms with E-state index in [1.165, 1.54) is 6.07 Å². The summed E-state index contributed by atoms with van der Waals surface area (Å²) in [5.74, 6) is 0.968. The van der Waals surface area contributed by atoms with E-state index in [-0.39, 0.29) is 29.7 Å². The predicted octanol–water partition coefficient (Wildman–Crippen LogP) is 5.57. The van der Waals surface area contributed by atoms with Gasteiger partial charge in [-0.2, -0.15) is 0 Å². The molecule has 2 fully saturated rings. The molecule has 2 atom stereocenters. The molecule has 0 radical (unpaired) electrons. The Morgan fingerprint density at radius 1 is 1.23 bits per heavy atom. The normalized spacial score (nSPS) is 18.8. The average Bonchev–Trinajstić information content (AvgIpc) is 3.42. The van der Waals surface area contributed by atoms with Gasteiger partial charge in [0.1, 0.15) is 11.6 Å². The Bertz CT molecular complexity index is 1430. The van der Waals surface area contributed by atoms with Crippen LogP contribution < -0.4 is 15.5 Å². The second-order valence-corrected chi connectivity index (χ2v) is 10.7. The van der Waals surface area contributed by atoms with Crippen molar-refractivity contribution in [1.29, 1.82) is 0 Å². The maximum absolute atomic E-state index is 14.4. The van der Waals surface area contributed by atoms with Gasteiger partial charge in [0.25, 0.3) is 0 Å². The van der Waals surface area contributed by atoms with Gasteiger partial charge in [-0.25, -0.2) is 9.37 Å².